The summed E-state index contributed by atoms with van der Waals surface area (Å²) in [5.74, 6) is -3.39. The number of amides is 5. The SMILES string of the molecule is CCOC(=O)N1CCN(C(=O)C(CCC(=O)O)NC(=O)c2cc(OCC(=O)N3CCCC3C(N)=O)n(-c3ccccc3)n2)CC1. The Morgan fingerprint density at radius 2 is 1.73 bits per heavy atom. The normalized spacial score (nSPS) is 17.0. The largest absolute Gasteiger partial charge is 0.481 e. The molecule has 0 radical (unpaired) electrons. The molecule has 16 heteroatoms. The number of carboxylic acids is 1. The van der Waals surface area contributed by atoms with Crippen molar-refractivity contribution in [2.75, 3.05) is 45.9 Å². The maximum absolute atomic E-state index is 13.4. The summed E-state index contributed by atoms with van der Waals surface area (Å²) in [7, 11) is 0. The highest BCUT2D eigenvalue weighted by atomic mass is 16.6. The first-order chi connectivity index (χ1) is 21.6. The number of hydrogen-bond acceptors (Lipinski definition) is 9. The summed E-state index contributed by atoms with van der Waals surface area (Å²) in [5.41, 5.74) is 5.81. The van der Waals surface area contributed by atoms with Gasteiger partial charge in [0.25, 0.3) is 11.8 Å². The van der Waals surface area contributed by atoms with Gasteiger partial charge in [-0.15, -0.1) is 0 Å². The minimum absolute atomic E-state index is 0.0537. The standard InChI is InChI=1S/C29H37N7O9/c1-2-44-29(43)34-15-13-33(14-16-34)28(42)20(10-11-25(38)39)31-27(41)21-17-24(36(32-21)19-7-4-3-5-8-19)45-18-23(37)35-12-6-9-22(35)26(30)40/h3-5,7-8,17,20,22H,2,6,9-16,18H2,1H3,(H2,30,40)(H,31,41)(H,38,39). The second-order valence-electron chi connectivity index (χ2n) is 10.5. The quantitative estimate of drug-likeness (QED) is 0.287. The first kappa shape index (κ1) is 32.8. The third-order valence-electron chi connectivity index (χ3n) is 7.52. The van der Waals surface area contributed by atoms with Crippen LogP contribution in [0.15, 0.2) is 36.4 Å². The molecule has 2 atom stereocenters. The van der Waals surface area contributed by atoms with Crippen LogP contribution < -0.4 is 15.8 Å². The van der Waals surface area contributed by atoms with E-state index >= 15 is 0 Å². The molecule has 242 valence electrons. The molecule has 2 saturated heterocycles. The fourth-order valence-electron chi connectivity index (χ4n) is 5.21. The Morgan fingerprint density at radius 3 is 2.38 bits per heavy atom. The topological polar surface area (TPSA) is 207 Å². The van der Waals surface area contributed by atoms with E-state index in [9.17, 15) is 33.9 Å². The number of para-hydroxylation sites is 1. The second kappa shape index (κ2) is 15.0. The number of carbonyl (C=O) groups excluding carboxylic acids is 5. The van der Waals surface area contributed by atoms with E-state index in [4.69, 9.17) is 15.2 Å². The Hall–Kier alpha value is -5.15. The van der Waals surface area contributed by atoms with Crippen molar-refractivity contribution in [2.45, 2.75) is 44.7 Å². The van der Waals surface area contributed by atoms with E-state index in [1.54, 1.807) is 37.3 Å². The fourth-order valence-corrected chi connectivity index (χ4v) is 5.21. The molecular formula is C29H37N7O9. The van der Waals surface area contributed by atoms with Crippen molar-refractivity contribution in [2.24, 2.45) is 5.73 Å². The van der Waals surface area contributed by atoms with E-state index in [1.807, 2.05) is 0 Å². The van der Waals surface area contributed by atoms with Crippen LogP contribution in [0.1, 0.15) is 43.1 Å². The van der Waals surface area contributed by atoms with Crippen LogP contribution in [0, 0.1) is 0 Å². The predicted octanol–water partition coefficient (Wildman–Crippen LogP) is -0.00870. The highest BCUT2D eigenvalue weighted by molar-refractivity contribution is 5.96. The van der Waals surface area contributed by atoms with Gasteiger partial charge >= 0.3 is 12.1 Å². The lowest BCUT2D eigenvalue weighted by molar-refractivity contribution is -0.139. The first-order valence-electron chi connectivity index (χ1n) is 14.7. The Labute approximate surface area is 259 Å². The number of rotatable bonds is 12. The van der Waals surface area contributed by atoms with Gasteiger partial charge < -0.3 is 40.3 Å². The zero-order valence-corrected chi connectivity index (χ0v) is 24.9. The van der Waals surface area contributed by atoms with E-state index in [0.29, 0.717) is 25.1 Å². The fraction of sp³-hybridized carbons (Fsp3) is 0.483. The number of hydrogen-bond donors (Lipinski definition) is 3. The summed E-state index contributed by atoms with van der Waals surface area (Å²) < 4.78 is 12.1. The summed E-state index contributed by atoms with van der Waals surface area (Å²) in [6.07, 6.45) is 0.0655. The summed E-state index contributed by atoms with van der Waals surface area (Å²) in [4.78, 5) is 79.1. The molecular weight excluding hydrogens is 590 g/mol. The minimum Gasteiger partial charge on any atom is -0.481 e. The zero-order valence-electron chi connectivity index (χ0n) is 24.9. The van der Waals surface area contributed by atoms with Crippen LogP contribution in [-0.4, -0.2) is 123 Å². The Balaban J connectivity index is 1.49. The molecule has 1 aromatic heterocycles. The van der Waals surface area contributed by atoms with Gasteiger partial charge in [-0.1, -0.05) is 18.2 Å². The summed E-state index contributed by atoms with van der Waals surface area (Å²) in [5, 5.41) is 16.2. The van der Waals surface area contributed by atoms with Crippen molar-refractivity contribution in [1.82, 2.24) is 29.8 Å². The highest BCUT2D eigenvalue weighted by Crippen LogP contribution is 2.22. The smallest absolute Gasteiger partial charge is 0.409 e. The van der Waals surface area contributed by atoms with Crippen molar-refractivity contribution < 1.29 is 43.3 Å². The van der Waals surface area contributed by atoms with E-state index in [0.717, 1.165) is 0 Å². The van der Waals surface area contributed by atoms with Gasteiger partial charge in [-0.2, -0.15) is 5.10 Å². The maximum atomic E-state index is 13.4. The predicted molar refractivity (Wildman–Crippen MR) is 156 cm³/mol. The van der Waals surface area contributed by atoms with Crippen LogP contribution in [0.2, 0.25) is 0 Å². The molecule has 1 aromatic carbocycles. The van der Waals surface area contributed by atoms with Gasteiger partial charge in [0.1, 0.15) is 12.1 Å². The number of aromatic nitrogens is 2. The average molecular weight is 628 g/mol. The van der Waals surface area contributed by atoms with Gasteiger partial charge in [-0.25, -0.2) is 9.48 Å². The lowest BCUT2D eigenvalue weighted by Gasteiger charge is -2.35. The lowest BCUT2D eigenvalue weighted by Crippen LogP contribution is -2.56. The van der Waals surface area contributed by atoms with Crippen LogP contribution in [0.3, 0.4) is 0 Å². The molecule has 3 heterocycles. The number of benzene rings is 1. The summed E-state index contributed by atoms with van der Waals surface area (Å²) >= 11 is 0. The molecule has 2 unspecified atom stereocenters. The molecule has 2 aromatic rings. The van der Waals surface area contributed by atoms with E-state index < -0.39 is 54.4 Å². The van der Waals surface area contributed by atoms with E-state index in [1.165, 1.54) is 25.4 Å². The Morgan fingerprint density at radius 1 is 1.04 bits per heavy atom. The third kappa shape index (κ3) is 8.27. The maximum Gasteiger partial charge on any atom is 0.409 e. The molecule has 2 fully saturated rings. The van der Waals surface area contributed by atoms with Crippen LogP contribution in [0.25, 0.3) is 5.69 Å². The number of piperazine rings is 1. The molecule has 2 aliphatic rings. The number of carbonyl (C=O) groups is 6. The monoisotopic (exact) mass is 627 g/mol. The van der Waals surface area contributed by atoms with Crippen molar-refractivity contribution in [3.63, 3.8) is 0 Å². The molecule has 45 heavy (non-hydrogen) atoms. The molecule has 5 amide bonds. The van der Waals surface area contributed by atoms with E-state index in [-0.39, 0.29) is 57.2 Å². The molecule has 0 saturated carbocycles. The molecule has 2 aliphatic heterocycles. The highest BCUT2D eigenvalue weighted by Gasteiger charge is 2.34. The molecule has 4 N–H and O–H groups in total. The molecule has 0 spiro atoms. The second-order valence-corrected chi connectivity index (χ2v) is 10.5. The average Bonchev–Trinajstić information content (AvgIpc) is 3.70. The van der Waals surface area contributed by atoms with Crippen molar-refractivity contribution in [3.8, 4) is 11.6 Å². The minimum atomic E-state index is -1.18. The van der Waals surface area contributed by atoms with Crippen LogP contribution in [0.4, 0.5) is 4.79 Å². The van der Waals surface area contributed by atoms with Gasteiger partial charge in [0.05, 0.1) is 12.3 Å². The van der Waals surface area contributed by atoms with Gasteiger partial charge in [0, 0.05) is 45.2 Å². The van der Waals surface area contributed by atoms with Crippen LogP contribution in [0.5, 0.6) is 5.88 Å². The number of likely N-dealkylation sites (tertiary alicyclic amines) is 1. The molecule has 0 bridgehead atoms. The molecule has 4 rings (SSSR count). The van der Waals surface area contributed by atoms with Gasteiger partial charge in [-0.3, -0.25) is 24.0 Å². The van der Waals surface area contributed by atoms with Crippen molar-refractivity contribution in [3.05, 3.63) is 42.1 Å². The molecule has 0 aliphatic carbocycles. The number of ether oxygens (including phenoxy) is 2. The van der Waals surface area contributed by atoms with Crippen molar-refractivity contribution in [1.29, 1.82) is 0 Å². The number of nitrogens with zero attached hydrogens (tertiary/aromatic N) is 5. The summed E-state index contributed by atoms with van der Waals surface area (Å²) in [6, 6.07) is 8.11. The first-order valence-corrected chi connectivity index (χ1v) is 14.7. The van der Waals surface area contributed by atoms with Gasteiger partial charge in [-0.05, 0) is 38.3 Å². The third-order valence-corrected chi connectivity index (χ3v) is 7.52. The number of primary amides is 1. The number of carboxylic acid groups (broad SMARTS) is 1. The number of aliphatic carboxylic acids is 1. The van der Waals surface area contributed by atoms with Gasteiger partial charge in [0.2, 0.25) is 17.7 Å². The summed E-state index contributed by atoms with van der Waals surface area (Å²) in [6.45, 7) is 2.65. The Kier molecular flexibility index (Phi) is 10.9. The van der Waals surface area contributed by atoms with Gasteiger partial charge in [0.15, 0.2) is 12.3 Å². The Bertz CT molecular complexity index is 1410. The molecule has 16 nitrogen and oxygen atoms in total. The van der Waals surface area contributed by atoms with Crippen LogP contribution >= 0.6 is 0 Å². The lowest BCUT2D eigenvalue weighted by atomic mass is 10.1. The number of nitrogens with two attached hydrogens (primary N) is 1. The van der Waals surface area contributed by atoms with E-state index in [2.05, 4.69) is 10.4 Å². The number of nitrogens with one attached hydrogen (secondary N) is 1. The van der Waals surface area contributed by atoms with Crippen LogP contribution in [-0.2, 0) is 23.9 Å². The zero-order chi connectivity index (χ0) is 32.5. The van der Waals surface area contributed by atoms with Crippen molar-refractivity contribution >= 4 is 35.7 Å².